The number of hydrogen-bond donors (Lipinski definition) is 3. The third-order valence-electron chi connectivity index (χ3n) is 4.47. The van der Waals surface area contributed by atoms with Crippen LogP contribution in [0, 0.1) is 17.2 Å². The van der Waals surface area contributed by atoms with E-state index >= 15 is 0 Å². The fraction of sp³-hybridized carbons (Fsp3) is 0.389. The van der Waals surface area contributed by atoms with Gasteiger partial charge in [0, 0.05) is 23.0 Å². The van der Waals surface area contributed by atoms with Gasteiger partial charge in [0.1, 0.15) is 11.4 Å². The van der Waals surface area contributed by atoms with Gasteiger partial charge in [-0.15, -0.1) is 0 Å². The molecule has 0 saturated carbocycles. The van der Waals surface area contributed by atoms with E-state index < -0.39 is 29.5 Å². The first-order valence-electron chi connectivity index (χ1n) is 8.77. The molecule has 0 radical (unpaired) electrons. The highest BCUT2D eigenvalue weighted by molar-refractivity contribution is 9.10. The molecule has 1 aliphatic rings. The maximum absolute atomic E-state index is 13.4. The highest BCUT2D eigenvalue weighted by atomic mass is 79.9. The summed E-state index contributed by atoms with van der Waals surface area (Å²) in [6, 6.07) is 4.52. The maximum Gasteiger partial charge on any atom is 0.421 e. The van der Waals surface area contributed by atoms with E-state index in [1.165, 1.54) is 6.07 Å². The van der Waals surface area contributed by atoms with Crippen molar-refractivity contribution in [3.63, 3.8) is 0 Å². The highest BCUT2D eigenvalue weighted by Crippen LogP contribution is 2.36. The van der Waals surface area contributed by atoms with E-state index in [0.717, 1.165) is 0 Å². The number of ether oxygens (including phenoxy) is 1. The van der Waals surface area contributed by atoms with E-state index in [2.05, 4.69) is 42.6 Å². The van der Waals surface area contributed by atoms with Gasteiger partial charge in [-0.3, -0.25) is 0 Å². The third-order valence-corrected chi connectivity index (χ3v) is 5.93. The Morgan fingerprint density at radius 1 is 1.40 bits per heavy atom. The normalized spacial score (nSPS) is 19.2. The number of nitrogens with zero attached hydrogens (tertiary/aromatic N) is 3. The van der Waals surface area contributed by atoms with Crippen LogP contribution in [0.1, 0.15) is 17.5 Å². The molecule has 1 aromatic carbocycles. The Morgan fingerprint density at radius 2 is 2.17 bits per heavy atom. The van der Waals surface area contributed by atoms with Crippen LogP contribution in [-0.4, -0.2) is 34.3 Å². The second-order valence-corrected chi connectivity index (χ2v) is 7.72. The Hall–Kier alpha value is -2.13. The lowest BCUT2D eigenvalue weighted by Gasteiger charge is -2.29. The van der Waals surface area contributed by atoms with Gasteiger partial charge < -0.3 is 20.5 Å². The van der Waals surface area contributed by atoms with Crippen molar-refractivity contribution in [2.75, 3.05) is 23.8 Å². The molecule has 160 valence electrons. The lowest BCUT2D eigenvalue weighted by atomic mass is 9.96. The van der Waals surface area contributed by atoms with Crippen molar-refractivity contribution in [1.82, 2.24) is 9.97 Å². The van der Waals surface area contributed by atoms with Gasteiger partial charge >= 0.3 is 6.18 Å². The zero-order valence-corrected chi connectivity index (χ0v) is 17.6. The van der Waals surface area contributed by atoms with Crippen LogP contribution in [0.3, 0.4) is 0 Å². The summed E-state index contributed by atoms with van der Waals surface area (Å²) < 4.78 is 46.1. The molecular weight excluding hydrogens is 491 g/mol. The van der Waals surface area contributed by atoms with Gasteiger partial charge in [-0.05, 0) is 40.0 Å². The lowest BCUT2D eigenvalue weighted by molar-refractivity contribution is -0.137. The van der Waals surface area contributed by atoms with Crippen molar-refractivity contribution in [2.24, 2.45) is 5.92 Å². The van der Waals surface area contributed by atoms with Gasteiger partial charge in [0.05, 0.1) is 36.3 Å². The second-order valence-electron chi connectivity index (χ2n) is 6.52. The van der Waals surface area contributed by atoms with E-state index in [1.54, 1.807) is 6.07 Å². The summed E-state index contributed by atoms with van der Waals surface area (Å²) in [4.78, 5) is 7.71. The van der Waals surface area contributed by atoms with E-state index in [4.69, 9.17) is 16.3 Å². The number of aliphatic hydroxyl groups excluding tert-OH is 1. The van der Waals surface area contributed by atoms with Crippen LogP contribution in [0.25, 0.3) is 0 Å². The van der Waals surface area contributed by atoms with E-state index in [1.807, 2.05) is 0 Å². The molecule has 0 bridgehead atoms. The number of aliphatic hydroxyl groups is 1. The number of hydrogen-bond acceptors (Lipinski definition) is 7. The minimum Gasteiger partial charge on any atom is -0.392 e. The van der Waals surface area contributed by atoms with Gasteiger partial charge in [-0.25, -0.2) is 4.98 Å². The molecule has 2 heterocycles. The average molecular weight is 507 g/mol. The van der Waals surface area contributed by atoms with Gasteiger partial charge in [0.25, 0.3) is 0 Å². The van der Waals surface area contributed by atoms with Crippen LogP contribution in [0.15, 0.2) is 22.8 Å². The number of alkyl halides is 3. The molecule has 3 rings (SSSR count). The molecule has 0 aliphatic carbocycles. The van der Waals surface area contributed by atoms with Gasteiger partial charge in [0.15, 0.2) is 0 Å². The van der Waals surface area contributed by atoms with Crippen LogP contribution in [-0.2, 0) is 17.5 Å². The molecule has 0 spiro atoms. The van der Waals surface area contributed by atoms with E-state index in [9.17, 15) is 23.5 Å². The molecular formula is C18H16BrClF3N5O2. The van der Waals surface area contributed by atoms with E-state index in [0.29, 0.717) is 40.0 Å². The monoisotopic (exact) mass is 505 g/mol. The molecule has 30 heavy (non-hydrogen) atoms. The molecule has 1 unspecified atom stereocenters. The first-order valence-corrected chi connectivity index (χ1v) is 9.94. The van der Waals surface area contributed by atoms with Crippen molar-refractivity contribution < 1.29 is 23.0 Å². The van der Waals surface area contributed by atoms with Crippen molar-refractivity contribution in [3.8, 4) is 6.07 Å². The molecule has 1 aromatic heterocycles. The molecule has 2 aromatic rings. The summed E-state index contributed by atoms with van der Waals surface area (Å²) in [5, 5.41) is 24.5. The molecule has 12 heteroatoms. The smallest absolute Gasteiger partial charge is 0.392 e. The topological polar surface area (TPSA) is 103 Å². The first-order chi connectivity index (χ1) is 14.2. The number of benzene rings is 1. The Bertz CT molecular complexity index is 970. The predicted octanol–water partition coefficient (Wildman–Crippen LogP) is 4.49. The number of rotatable bonds is 5. The first kappa shape index (κ1) is 22.6. The van der Waals surface area contributed by atoms with Gasteiger partial charge in [-0.1, -0.05) is 11.6 Å². The molecule has 7 nitrogen and oxygen atoms in total. The minimum absolute atomic E-state index is 0.0878. The Morgan fingerprint density at radius 3 is 2.83 bits per heavy atom. The minimum atomic E-state index is -4.69. The van der Waals surface area contributed by atoms with Gasteiger partial charge in [-0.2, -0.15) is 23.4 Å². The largest absolute Gasteiger partial charge is 0.421 e. The Balaban J connectivity index is 1.93. The van der Waals surface area contributed by atoms with Crippen LogP contribution >= 0.6 is 27.5 Å². The van der Waals surface area contributed by atoms with Crippen LogP contribution < -0.4 is 10.6 Å². The summed E-state index contributed by atoms with van der Waals surface area (Å²) in [6.45, 7) is 0.162. The highest BCUT2D eigenvalue weighted by Gasteiger charge is 2.37. The van der Waals surface area contributed by atoms with Crippen molar-refractivity contribution >= 4 is 45.0 Å². The van der Waals surface area contributed by atoms with E-state index in [-0.39, 0.29) is 19.2 Å². The fourth-order valence-corrected chi connectivity index (χ4v) is 3.53. The molecule has 2 atom stereocenters. The van der Waals surface area contributed by atoms with Crippen molar-refractivity contribution in [1.29, 1.82) is 5.26 Å². The predicted molar refractivity (Wildman–Crippen MR) is 107 cm³/mol. The van der Waals surface area contributed by atoms with Crippen molar-refractivity contribution in [2.45, 2.75) is 25.2 Å². The maximum atomic E-state index is 13.4. The second kappa shape index (κ2) is 9.34. The number of nitriles is 1. The van der Waals surface area contributed by atoms with Crippen LogP contribution in [0.5, 0.6) is 0 Å². The summed E-state index contributed by atoms with van der Waals surface area (Å²) in [5.74, 6) is -1.08. The molecule has 0 amide bonds. The zero-order chi connectivity index (χ0) is 21.9. The van der Waals surface area contributed by atoms with Crippen LogP contribution in [0.4, 0.5) is 30.6 Å². The summed E-state index contributed by atoms with van der Waals surface area (Å²) in [6.07, 6.45) is -3.62. The standard InChI is InChI=1S/C18H16BrClF3N5O2/c19-15-10(7-29)3-11(4-13(15)20)26-17-25-6-12(18(21,22)23)16(28-17)27-14-8-30-2-1-9(14)5-24/h3-4,6,9,14,29H,1-2,7-8H2,(H2,25,26,27,28)/t9?,14-/m0/s1. The number of anilines is 3. The number of aromatic nitrogens is 2. The molecule has 1 fully saturated rings. The number of nitrogens with one attached hydrogen (secondary N) is 2. The third kappa shape index (κ3) is 5.13. The van der Waals surface area contributed by atoms with Crippen molar-refractivity contribution in [3.05, 3.63) is 39.0 Å². The SMILES string of the molecule is N#CC1CCOC[C@@H]1Nc1nc(Nc2cc(Cl)c(Br)c(CO)c2)ncc1C(F)(F)F. The Labute approximate surface area is 183 Å². The molecule has 3 N–H and O–H groups in total. The Kier molecular flexibility index (Phi) is 7.02. The number of halogens is 5. The fourth-order valence-electron chi connectivity index (χ4n) is 2.93. The lowest BCUT2D eigenvalue weighted by Crippen LogP contribution is -2.38. The van der Waals surface area contributed by atoms with Gasteiger partial charge in [0.2, 0.25) is 5.95 Å². The molecule has 1 saturated heterocycles. The zero-order valence-electron chi connectivity index (χ0n) is 15.3. The summed E-state index contributed by atoms with van der Waals surface area (Å²) in [7, 11) is 0. The average Bonchev–Trinajstić information content (AvgIpc) is 2.70. The van der Waals surface area contributed by atoms with Crippen LogP contribution in [0.2, 0.25) is 5.02 Å². The molecule has 1 aliphatic heterocycles. The quantitative estimate of drug-likeness (QED) is 0.549. The summed E-state index contributed by atoms with van der Waals surface area (Å²) >= 11 is 9.34. The summed E-state index contributed by atoms with van der Waals surface area (Å²) in [5.41, 5.74) is -0.194.